The van der Waals surface area contributed by atoms with Gasteiger partial charge in [-0.05, 0) is 51.0 Å². The molecule has 1 atom stereocenters. The molecule has 0 radical (unpaired) electrons. The van der Waals surface area contributed by atoms with Gasteiger partial charge < -0.3 is 5.32 Å². The van der Waals surface area contributed by atoms with Crippen LogP contribution in [0.15, 0.2) is 23.2 Å². The Hall–Kier alpha value is -1.82. The van der Waals surface area contributed by atoms with Crippen LogP contribution in [0.25, 0.3) is 0 Å². The minimum atomic E-state index is -0.383. The minimum absolute atomic E-state index is 0.0275. The van der Waals surface area contributed by atoms with E-state index < -0.39 is 0 Å². The third-order valence-electron chi connectivity index (χ3n) is 3.51. The van der Waals surface area contributed by atoms with E-state index >= 15 is 0 Å². The van der Waals surface area contributed by atoms with Gasteiger partial charge in [-0.2, -0.15) is 0 Å². The van der Waals surface area contributed by atoms with Gasteiger partial charge in [0, 0.05) is 25.2 Å². The Bertz CT molecular complexity index is 622. The van der Waals surface area contributed by atoms with Gasteiger partial charge >= 0.3 is 0 Å². The molecule has 2 rings (SSSR count). The molecule has 1 N–H and O–H groups in total. The number of rotatable bonds is 5. The molecule has 1 saturated heterocycles. The second-order valence-electron chi connectivity index (χ2n) is 5.57. The maximum absolute atomic E-state index is 12.4. The molecule has 23 heavy (non-hydrogen) atoms. The van der Waals surface area contributed by atoms with Gasteiger partial charge in [0.05, 0.1) is 0 Å². The van der Waals surface area contributed by atoms with Gasteiger partial charge in [-0.3, -0.25) is 19.5 Å². The predicted octanol–water partition coefficient (Wildman–Crippen LogP) is 2.97. The number of aliphatic imine (C=N–C) groups is 1. The largest absolute Gasteiger partial charge is 0.326 e. The third-order valence-corrected chi connectivity index (χ3v) is 4.72. The summed E-state index contributed by atoms with van der Waals surface area (Å²) < 4.78 is 0. The van der Waals surface area contributed by atoms with Gasteiger partial charge in [0.2, 0.25) is 11.8 Å². The first-order valence-corrected chi connectivity index (χ1v) is 8.73. The maximum atomic E-state index is 12.4. The summed E-state index contributed by atoms with van der Waals surface area (Å²) in [4.78, 5) is 30.6. The number of carbonyl (C=O) groups excluding carboxylic acids is 2. The number of carbonyl (C=O) groups is 2. The fourth-order valence-corrected chi connectivity index (χ4v) is 3.88. The monoisotopic (exact) mass is 333 g/mol. The highest BCUT2D eigenvalue weighted by Gasteiger charge is 2.37. The van der Waals surface area contributed by atoms with Crippen molar-refractivity contribution in [3.63, 3.8) is 0 Å². The molecule has 0 aromatic heterocycles. The average molecular weight is 333 g/mol. The summed E-state index contributed by atoms with van der Waals surface area (Å²) in [5, 5.41) is 3.23. The van der Waals surface area contributed by atoms with E-state index in [-0.39, 0.29) is 23.5 Å². The van der Waals surface area contributed by atoms with Gasteiger partial charge in [0.25, 0.3) is 0 Å². The predicted molar refractivity (Wildman–Crippen MR) is 95.9 cm³/mol. The first kappa shape index (κ1) is 17.5. The molecular weight excluding hydrogens is 310 g/mol. The molecule has 1 heterocycles. The first-order chi connectivity index (χ1) is 10.9. The molecule has 0 spiro atoms. The van der Waals surface area contributed by atoms with Crippen LogP contribution in [-0.4, -0.2) is 40.2 Å². The Balaban J connectivity index is 2.03. The van der Waals surface area contributed by atoms with Crippen LogP contribution in [0.3, 0.4) is 0 Å². The fourth-order valence-electron chi connectivity index (χ4n) is 2.61. The van der Waals surface area contributed by atoms with Crippen molar-refractivity contribution in [3.05, 3.63) is 29.3 Å². The molecule has 0 aliphatic carbocycles. The number of amides is 2. The number of aryl methyl sites for hydroxylation is 2. The molecule has 124 valence electrons. The second-order valence-corrected chi connectivity index (χ2v) is 6.74. The van der Waals surface area contributed by atoms with E-state index in [1.54, 1.807) is 4.90 Å². The molecule has 1 unspecified atom stereocenters. The highest BCUT2D eigenvalue weighted by molar-refractivity contribution is 8.15. The van der Waals surface area contributed by atoms with Crippen LogP contribution in [0.4, 0.5) is 5.69 Å². The number of nitrogens with one attached hydrogen (secondary N) is 1. The third kappa shape index (κ3) is 4.34. The standard InChI is InChI=1S/C17H23N3O2S/c1-5-18-17-20(6-2)16(22)14(23-17)10-15(21)19-13-8-11(3)7-12(4)9-13/h7-9,14H,5-6,10H2,1-4H3,(H,19,21). The average Bonchev–Trinajstić information content (AvgIpc) is 2.73. The molecule has 6 heteroatoms. The van der Waals surface area contributed by atoms with E-state index in [1.807, 2.05) is 39.8 Å². The SMILES string of the molecule is CCN=C1SC(CC(=O)Nc2cc(C)cc(C)c2)C(=O)N1CC. The number of hydrogen-bond donors (Lipinski definition) is 1. The molecule has 5 nitrogen and oxygen atoms in total. The second kappa shape index (κ2) is 7.64. The quantitative estimate of drug-likeness (QED) is 0.901. The zero-order valence-corrected chi connectivity index (χ0v) is 14.9. The molecule has 1 aromatic carbocycles. The number of amidine groups is 1. The fraction of sp³-hybridized carbons (Fsp3) is 0.471. The Morgan fingerprint density at radius 3 is 2.48 bits per heavy atom. The molecule has 0 saturated carbocycles. The molecule has 1 aliphatic rings. The van der Waals surface area contributed by atoms with Crippen LogP contribution in [0.5, 0.6) is 0 Å². The van der Waals surface area contributed by atoms with E-state index in [9.17, 15) is 9.59 Å². The van der Waals surface area contributed by atoms with E-state index in [2.05, 4.69) is 16.4 Å². The first-order valence-electron chi connectivity index (χ1n) is 7.85. The number of nitrogens with zero attached hydrogens (tertiary/aromatic N) is 2. The van der Waals surface area contributed by atoms with E-state index in [4.69, 9.17) is 0 Å². The van der Waals surface area contributed by atoms with Crippen LogP contribution in [0.1, 0.15) is 31.4 Å². The van der Waals surface area contributed by atoms with Crippen LogP contribution in [0.2, 0.25) is 0 Å². The molecule has 0 bridgehead atoms. The summed E-state index contributed by atoms with van der Waals surface area (Å²) >= 11 is 1.39. The van der Waals surface area contributed by atoms with Crippen molar-refractivity contribution in [1.29, 1.82) is 0 Å². The molecule has 1 aliphatic heterocycles. The zero-order chi connectivity index (χ0) is 17.0. The molecule has 1 fully saturated rings. The van der Waals surface area contributed by atoms with Crippen LogP contribution in [0, 0.1) is 13.8 Å². The van der Waals surface area contributed by atoms with Gasteiger partial charge in [0.1, 0.15) is 5.25 Å². The van der Waals surface area contributed by atoms with Crippen molar-refractivity contribution < 1.29 is 9.59 Å². The minimum Gasteiger partial charge on any atom is -0.326 e. The lowest BCUT2D eigenvalue weighted by atomic mass is 10.1. The van der Waals surface area contributed by atoms with E-state index in [0.717, 1.165) is 22.0 Å². The highest BCUT2D eigenvalue weighted by Crippen LogP contribution is 2.29. The lowest BCUT2D eigenvalue weighted by Gasteiger charge is -2.13. The number of hydrogen-bond acceptors (Lipinski definition) is 4. The van der Waals surface area contributed by atoms with Gasteiger partial charge in [0.15, 0.2) is 5.17 Å². The van der Waals surface area contributed by atoms with Gasteiger partial charge in [-0.25, -0.2) is 0 Å². The van der Waals surface area contributed by atoms with Crippen molar-refractivity contribution in [1.82, 2.24) is 4.90 Å². The van der Waals surface area contributed by atoms with Crippen molar-refractivity contribution in [3.8, 4) is 0 Å². The number of benzene rings is 1. The molecule has 1 aromatic rings. The van der Waals surface area contributed by atoms with E-state index in [0.29, 0.717) is 13.1 Å². The summed E-state index contributed by atoms with van der Waals surface area (Å²) in [6, 6.07) is 5.91. The molecular formula is C17H23N3O2S. The Labute approximate surface area is 141 Å². The van der Waals surface area contributed by atoms with Gasteiger partial charge in [-0.1, -0.05) is 17.8 Å². The summed E-state index contributed by atoms with van der Waals surface area (Å²) in [7, 11) is 0. The smallest absolute Gasteiger partial charge is 0.242 e. The Morgan fingerprint density at radius 2 is 1.91 bits per heavy atom. The number of thioether (sulfide) groups is 1. The Morgan fingerprint density at radius 1 is 1.26 bits per heavy atom. The van der Waals surface area contributed by atoms with Crippen molar-refractivity contribution in [2.45, 2.75) is 39.4 Å². The highest BCUT2D eigenvalue weighted by atomic mass is 32.2. The van der Waals surface area contributed by atoms with Crippen LogP contribution >= 0.6 is 11.8 Å². The van der Waals surface area contributed by atoms with Gasteiger partial charge in [-0.15, -0.1) is 0 Å². The van der Waals surface area contributed by atoms with Crippen molar-refractivity contribution in [2.75, 3.05) is 18.4 Å². The van der Waals surface area contributed by atoms with E-state index in [1.165, 1.54) is 11.8 Å². The normalized spacial score (nSPS) is 19.5. The summed E-state index contributed by atoms with van der Waals surface area (Å²) in [5.41, 5.74) is 2.97. The summed E-state index contributed by atoms with van der Waals surface area (Å²) in [5.74, 6) is -0.171. The lowest BCUT2D eigenvalue weighted by Crippen LogP contribution is -2.33. The van der Waals surface area contributed by atoms with Crippen molar-refractivity contribution >= 4 is 34.4 Å². The molecule has 2 amide bonds. The summed E-state index contributed by atoms with van der Waals surface area (Å²) in [6.45, 7) is 9.05. The lowest BCUT2D eigenvalue weighted by molar-refractivity contribution is -0.128. The number of anilines is 1. The van der Waals surface area contributed by atoms with Crippen molar-refractivity contribution in [2.24, 2.45) is 4.99 Å². The zero-order valence-electron chi connectivity index (χ0n) is 14.0. The Kier molecular flexibility index (Phi) is 5.82. The maximum Gasteiger partial charge on any atom is 0.242 e. The van der Waals surface area contributed by atoms with Crippen LogP contribution in [-0.2, 0) is 9.59 Å². The topological polar surface area (TPSA) is 61.8 Å². The summed E-state index contributed by atoms with van der Waals surface area (Å²) in [6.07, 6.45) is 0.162. The van der Waals surface area contributed by atoms with Crippen LogP contribution < -0.4 is 5.32 Å².